The Morgan fingerprint density at radius 3 is 1.79 bits per heavy atom. The molecule has 158 valence electrons. The van der Waals surface area contributed by atoms with Gasteiger partial charge in [-0.05, 0) is 17.9 Å². The lowest BCUT2D eigenvalue weighted by atomic mass is 10.4. The lowest BCUT2D eigenvalue weighted by molar-refractivity contribution is -0.107. The fourth-order valence-electron chi connectivity index (χ4n) is 0.687. The third-order valence-corrected chi connectivity index (χ3v) is 13.4. The smallest absolute Gasteiger partial charge is 0.220 e. The molecule has 0 atom stereocenters. The van der Waals surface area contributed by atoms with E-state index in [9.17, 15) is 4.79 Å². The molecule has 1 rings (SSSR count). The first-order valence-electron chi connectivity index (χ1n) is 6.14. The van der Waals surface area contributed by atoms with Crippen molar-refractivity contribution in [2.75, 3.05) is 5.73 Å². The lowest BCUT2D eigenvalue weighted by Crippen LogP contribution is -1.74. The fourth-order valence-corrected chi connectivity index (χ4v) is 12.4. The highest BCUT2D eigenvalue weighted by Crippen LogP contribution is 2.31. The molecule has 0 fully saturated rings. The SMILES string of the molecule is C.C.CCC=O.N#CCC#N.S=S=S=S=S=S=S=S.[C-]#[N+]c1cc(C)sc1N. The highest BCUT2D eigenvalue weighted by atomic mass is 33.4. The van der Waals surface area contributed by atoms with Gasteiger partial charge in [-0.3, -0.25) is 0 Å². The molecule has 28 heavy (non-hydrogen) atoms. The first kappa shape index (κ1) is 38.1. The maximum atomic E-state index is 9.17. The van der Waals surface area contributed by atoms with Crippen LogP contribution in [-0.4, -0.2) is 6.29 Å². The number of carbonyl (C=O) groups is 1. The van der Waals surface area contributed by atoms with Gasteiger partial charge in [0.2, 0.25) is 5.69 Å². The van der Waals surface area contributed by atoms with E-state index in [1.807, 2.05) is 13.8 Å². The summed E-state index contributed by atoms with van der Waals surface area (Å²) in [5, 5.41) is 15.8. The van der Waals surface area contributed by atoms with Crippen LogP contribution in [0.3, 0.4) is 0 Å². The molecule has 0 radical (unpaired) electrons. The molecule has 0 aromatic carbocycles. The molecule has 0 spiro atoms. The van der Waals surface area contributed by atoms with Gasteiger partial charge in [0, 0.05) is 82.1 Å². The third-order valence-electron chi connectivity index (χ3n) is 1.45. The quantitative estimate of drug-likeness (QED) is 0.410. The molecule has 2 N–H and O–H groups in total. The van der Waals surface area contributed by atoms with Crippen LogP contribution in [0.15, 0.2) is 6.07 Å². The molecule has 1 heterocycles. The van der Waals surface area contributed by atoms with Gasteiger partial charge in [0.15, 0.2) is 0 Å². The van der Waals surface area contributed by atoms with E-state index in [1.54, 1.807) is 53.7 Å². The summed E-state index contributed by atoms with van der Waals surface area (Å²) in [5.74, 6) is 0. The molecule has 1 aromatic rings. The van der Waals surface area contributed by atoms with Crippen molar-refractivity contribution >= 4 is 104 Å². The van der Waals surface area contributed by atoms with Crippen molar-refractivity contribution in [2.24, 2.45) is 0 Å². The van der Waals surface area contributed by atoms with Crippen molar-refractivity contribution in [3.05, 3.63) is 22.4 Å². The van der Waals surface area contributed by atoms with Gasteiger partial charge in [-0.25, -0.2) is 4.85 Å². The number of rotatable bonds is 1. The van der Waals surface area contributed by atoms with Crippen LogP contribution < -0.4 is 5.73 Å². The minimum atomic E-state index is 0. The third kappa shape index (κ3) is 33.0. The van der Waals surface area contributed by atoms with Crippen molar-refractivity contribution in [1.29, 1.82) is 10.5 Å². The Balaban J connectivity index is -0.0000000861. The average Bonchev–Trinajstić information content (AvgIpc) is 2.98. The van der Waals surface area contributed by atoms with Gasteiger partial charge in [-0.15, -0.1) is 11.3 Å². The molecule has 0 aliphatic heterocycles. The first-order valence-corrected chi connectivity index (χ1v) is 16.3. The molecule has 5 nitrogen and oxygen atoms in total. The number of hydrogen-bond acceptors (Lipinski definition) is 7. The van der Waals surface area contributed by atoms with Crippen LogP contribution in [0.1, 0.15) is 39.5 Å². The van der Waals surface area contributed by atoms with Gasteiger partial charge in [0.1, 0.15) is 12.7 Å². The van der Waals surface area contributed by atoms with Crippen LogP contribution in [0, 0.1) is 36.2 Å². The standard InChI is InChI=1S/C6H6N2S.C3H2N2.C3H6O.2CH4.S8/c1-4-3-5(8-2)6(7)9-4;4-2-1-3-5;1-2-3-4;;;1-3-5-7-8-6-4-2/h3H,7H2,1H3;1H2;3H,2H2,1H3;2*1H4;. The second kappa shape index (κ2) is 33.9. The van der Waals surface area contributed by atoms with Crippen molar-refractivity contribution in [2.45, 2.75) is 41.5 Å². The summed E-state index contributed by atoms with van der Waals surface area (Å²) in [7, 11) is 9.12. The Kier molecular flexibility index (Phi) is 46.1. The summed E-state index contributed by atoms with van der Waals surface area (Å²) in [4.78, 5) is 13.5. The Labute approximate surface area is 199 Å². The van der Waals surface area contributed by atoms with E-state index in [4.69, 9.17) is 22.8 Å². The predicted molar refractivity (Wildman–Crippen MR) is 144 cm³/mol. The van der Waals surface area contributed by atoms with Crippen molar-refractivity contribution in [3.63, 3.8) is 0 Å². The Morgan fingerprint density at radius 1 is 1.21 bits per heavy atom. The summed E-state index contributed by atoms with van der Waals surface area (Å²) in [6, 6.07) is 5.11. The molecule has 1 aromatic heterocycles. The van der Waals surface area contributed by atoms with Crippen LogP contribution in [0.4, 0.5) is 10.7 Å². The second-order valence-corrected chi connectivity index (χ2v) is 15.1. The zero-order valence-corrected chi connectivity index (χ0v) is 20.9. The molecule has 0 unspecified atom stereocenters. The molecule has 0 aliphatic rings. The summed E-state index contributed by atoms with van der Waals surface area (Å²) in [5.41, 5.74) is 6.04. The minimum absolute atomic E-state index is 0. The normalized spacial score (nSPS) is 6.39. The number of aldehydes is 1. The molecule has 0 saturated carbocycles. The summed E-state index contributed by atoms with van der Waals surface area (Å²) in [6.45, 7) is 10.4. The van der Waals surface area contributed by atoms with Gasteiger partial charge in [0.25, 0.3) is 0 Å². The number of hydrogen-bond donors (Lipinski definition) is 1. The topological polar surface area (TPSA) is 95.0 Å². The molecule has 0 saturated heterocycles. The number of nitrogens with zero attached hydrogens (tertiary/aromatic N) is 3. The van der Waals surface area contributed by atoms with Crippen molar-refractivity contribution in [3.8, 4) is 12.1 Å². The van der Waals surface area contributed by atoms with Crippen LogP contribution in [0.5, 0.6) is 0 Å². The molecule has 0 aliphatic carbocycles. The Bertz CT molecular complexity index is 860. The Morgan fingerprint density at radius 2 is 1.64 bits per heavy atom. The van der Waals surface area contributed by atoms with E-state index in [0.717, 1.165) is 11.2 Å². The number of thiophene rings is 1. The molecular weight excluding hydrogens is 529 g/mol. The monoisotopic (exact) mass is 550 g/mol. The van der Waals surface area contributed by atoms with Gasteiger partial charge in [-0.1, -0.05) is 21.8 Å². The predicted octanol–water partition coefficient (Wildman–Crippen LogP) is 4.46. The summed E-state index contributed by atoms with van der Waals surface area (Å²) >= 11 is 10.7. The minimum Gasteiger partial charge on any atom is -0.399 e. The van der Waals surface area contributed by atoms with E-state index in [2.05, 4.69) is 27.2 Å². The van der Waals surface area contributed by atoms with E-state index >= 15 is 0 Å². The van der Waals surface area contributed by atoms with Crippen LogP contribution in [-0.2, 0) is 80.5 Å². The summed E-state index contributed by atoms with van der Waals surface area (Å²) < 4.78 is 0. The molecule has 0 bridgehead atoms. The van der Waals surface area contributed by atoms with Crippen LogP contribution >= 0.6 is 11.3 Å². The lowest BCUT2D eigenvalue weighted by Gasteiger charge is -1.79. The fraction of sp³-hybridized carbons (Fsp3) is 0.429. The molecular formula is C14H22N4OS9. The zero-order chi connectivity index (χ0) is 20.6. The zero-order valence-electron chi connectivity index (χ0n) is 13.6. The van der Waals surface area contributed by atoms with Gasteiger partial charge >= 0.3 is 0 Å². The maximum Gasteiger partial charge on any atom is 0.220 e. The largest absolute Gasteiger partial charge is 0.399 e. The molecule has 14 heteroatoms. The number of nitrogen functional groups attached to an aromatic ring is 1. The van der Waals surface area contributed by atoms with Crippen LogP contribution in [0.25, 0.3) is 4.85 Å². The number of anilines is 1. The second-order valence-electron chi connectivity index (χ2n) is 3.19. The number of aryl methyl sites for hydroxylation is 1. The van der Waals surface area contributed by atoms with Gasteiger partial charge < -0.3 is 10.5 Å². The Hall–Kier alpha value is -0.600. The van der Waals surface area contributed by atoms with Crippen molar-refractivity contribution in [1.82, 2.24) is 0 Å². The number of nitriles is 2. The highest BCUT2D eigenvalue weighted by Gasteiger charge is 2.00. The number of nitrogens with two attached hydrogens (primary N) is 1. The van der Waals surface area contributed by atoms with Crippen LogP contribution in [0.2, 0.25) is 0 Å². The van der Waals surface area contributed by atoms with Gasteiger partial charge in [-0.2, -0.15) is 10.5 Å². The maximum absolute atomic E-state index is 9.17. The molecule has 0 amide bonds. The van der Waals surface area contributed by atoms with E-state index in [1.165, 1.54) is 29.1 Å². The highest BCUT2D eigenvalue weighted by molar-refractivity contribution is 8.70. The summed E-state index contributed by atoms with van der Waals surface area (Å²) in [6.07, 6.45) is 1.51. The van der Waals surface area contributed by atoms with Gasteiger partial charge in [0.05, 0.1) is 23.7 Å². The van der Waals surface area contributed by atoms with E-state index in [-0.39, 0.29) is 21.3 Å². The average molecular weight is 551 g/mol. The van der Waals surface area contributed by atoms with E-state index < -0.39 is 0 Å². The number of carbonyl (C=O) groups excluding carboxylic acids is 1. The van der Waals surface area contributed by atoms with Crippen molar-refractivity contribution < 1.29 is 4.79 Å². The van der Waals surface area contributed by atoms with E-state index in [0.29, 0.717) is 17.1 Å². The first-order chi connectivity index (χ1) is 12.5.